The van der Waals surface area contributed by atoms with Gasteiger partial charge in [0.05, 0.1) is 13.1 Å². The summed E-state index contributed by atoms with van der Waals surface area (Å²) in [7, 11) is 0. The van der Waals surface area contributed by atoms with Crippen LogP contribution in [0.25, 0.3) is 0 Å². The zero-order chi connectivity index (χ0) is 13.1. The van der Waals surface area contributed by atoms with Crippen LogP contribution in [-0.4, -0.2) is 18.6 Å². The SMILES string of the molecule is O=C(NCCCC(F)(F)F)c1cc(Br)sc1Br. The lowest BCUT2D eigenvalue weighted by Crippen LogP contribution is -2.25. The molecule has 1 rings (SSSR count). The number of thiophene rings is 1. The summed E-state index contributed by atoms with van der Waals surface area (Å²) in [5.74, 6) is -0.374. The van der Waals surface area contributed by atoms with Crippen molar-refractivity contribution in [3.05, 3.63) is 19.2 Å². The second kappa shape index (κ2) is 6.19. The summed E-state index contributed by atoms with van der Waals surface area (Å²) in [6, 6.07) is 1.62. The van der Waals surface area contributed by atoms with Crippen molar-refractivity contribution in [3.63, 3.8) is 0 Å². The Bertz CT molecular complexity index is 405. The summed E-state index contributed by atoms with van der Waals surface area (Å²) in [5, 5.41) is 2.44. The largest absolute Gasteiger partial charge is 0.389 e. The molecule has 1 N–H and O–H groups in total. The summed E-state index contributed by atoms with van der Waals surface area (Å²) >= 11 is 7.76. The van der Waals surface area contributed by atoms with Crippen LogP contribution in [0, 0.1) is 0 Å². The van der Waals surface area contributed by atoms with E-state index in [0.29, 0.717) is 9.35 Å². The van der Waals surface area contributed by atoms with E-state index < -0.39 is 12.6 Å². The molecule has 0 atom stereocenters. The van der Waals surface area contributed by atoms with Crippen LogP contribution in [0.3, 0.4) is 0 Å². The van der Waals surface area contributed by atoms with Crippen molar-refractivity contribution in [2.75, 3.05) is 6.54 Å². The molecule has 0 aliphatic rings. The topological polar surface area (TPSA) is 29.1 Å². The maximum Gasteiger partial charge on any atom is 0.389 e. The van der Waals surface area contributed by atoms with Gasteiger partial charge in [0.15, 0.2) is 0 Å². The van der Waals surface area contributed by atoms with E-state index in [1.165, 1.54) is 11.3 Å². The van der Waals surface area contributed by atoms with Crippen LogP contribution in [0.4, 0.5) is 13.2 Å². The number of hydrogen-bond acceptors (Lipinski definition) is 2. The van der Waals surface area contributed by atoms with Gasteiger partial charge in [-0.3, -0.25) is 4.79 Å². The van der Waals surface area contributed by atoms with Crippen molar-refractivity contribution < 1.29 is 18.0 Å². The molecule has 1 aromatic rings. The average molecular weight is 395 g/mol. The second-order valence-electron chi connectivity index (χ2n) is 3.21. The highest BCUT2D eigenvalue weighted by molar-refractivity contribution is 9.12. The predicted octanol–water partition coefficient (Wildman–Crippen LogP) is 4.35. The number of rotatable bonds is 4. The molecular weight excluding hydrogens is 387 g/mol. The molecule has 1 amide bonds. The quantitative estimate of drug-likeness (QED) is 0.756. The Hall–Kier alpha value is -0.0800. The van der Waals surface area contributed by atoms with Crippen LogP contribution < -0.4 is 5.32 Å². The molecule has 0 aromatic carbocycles. The summed E-state index contributed by atoms with van der Waals surface area (Å²) in [6.07, 6.45) is -5.17. The molecule has 0 saturated carbocycles. The summed E-state index contributed by atoms with van der Waals surface area (Å²) in [5.41, 5.74) is 0.425. The van der Waals surface area contributed by atoms with Gasteiger partial charge in [0.1, 0.15) is 0 Å². The number of carbonyl (C=O) groups excluding carboxylic acids is 1. The molecule has 0 unspecified atom stereocenters. The molecule has 0 radical (unpaired) electrons. The molecular formula is C9H8Br2F3NOS. The zero-order valence-corrected chi connectivity index (χ0v) is 12.4. The highest BCUT2D eigenvalue weighted by atomic mass is 79.9. The van der Waals surface area contributed by atoms with Crippen LogP contribution >= 0.6 is 43.2 Å². The Labute approximate surface area is 117 Å². The lowest BCUT2D eigenvalue weighted by molar-refractivity contribution is -0.135. The van der Waals surface area contributed by atoms with Gasteiger partial charge in [0.25, 0.3) is 5.91 Å². The first kappa shape index (κ1) is 15.0. The standard InChI is InChI=1S/C9H8Br2F3NOS/c10-6-4-5(7(11)17-6)8(16)15-3-1-2-9(12,13)14/h4H,1-3H2,(H,15,16). The molecule has 1 aromatic heterocycles. The predicted molar refractivity (Wildman–Crippen MR) is 67.3 cm³/mol. The Morgan fingerprint density at radius 2 is 2.06 bits per heavy atom. The van der Waals surface area contributed by atoms with Gasteiger partial charge in [-0.05, 0) is 44.3 Å². The molecule has 0 aliphatic heterocycles. The molecule has 1 heterocycles. The molecule has 0 aliphatic carbocycles. The van der Waals surface area contributed by atoms with E-state index in [4.69, 9.17) is 0 Å². The van der Waals surface area contributed by atoms with Gasteiger partial charge in [0.2, 0.25) is 0 Å². The Morgan fingerprint density at radius 3 is 2.53 bits per heavy atom. The fourth-order valence-corrected chi connectivity index (χ4v) is 3.87. The molecule has 0 saturated heterocycles. The normalized spacial score (nSPS) is 11.6. The zero-order valence-electron chi connectivity index (χ0n) is 8.40. The summed E-state index contributed by atoms with van der Waals surface area (Å²) in [6.45, 7) is 0.0122. The van der Waals surface area contributed by atoms with Crippen LogP contribution in [-0.2, 0) is 0 Å². The van der Waals surface area contributed by atoms with Crippen molar-refractivity contribution in [2.45, 2.75) is 19.0 Å². The van der Waals surface area contributed by atoms with E-state index in [0.717, 1.165) is 3.79 Å². The number of nitrogens with one attached hydrogen (secondary N) is 1. The van der Waals surface area contributed by atoms with E-state index in [1.54, 1.807) is 6.07 Å². The van der Waals surface area contributed by atoms with E-state index in [2.05, 4.69) is 37.2 Å². The summed E-state index contributed by atoms with van der Waals surface area (Å²) in [4.78, 5) is 11.6. The fraction of sp³-hybridized carbons (Fsp3) is 0.444. The van der Waals surface area contributed by atoms with E-state index in [1.807, 2.05) is 0 Å². The minimum Gasteiger partial charge on any atom is -0.352 e. The Balaban J connectivity index is 2.38. The van der Waals surface area contributed by atoms with Gasteiger partial charge in [-0.2, -0.15) is 13.2 Å². The van der Waals surface area contributed by atoms with Crippen LogP contribution in [0.2, 0.25) is 0 Å². The summed E-state index contributed by atoms with van der Waals surface area (Å²) < 4.78 is 37.0. The molecule has 8 heteroatoms. The van der Waals surface area contributed by atoms with Gasteiger partial charge in [-0.1, -0.05) is 0 Å². The van der Waals surface area contributed by atoms with E-state index in [9.17, 15) is 18.0 Å². The van der Waals surface area contributed by atoms with Gasteiger partial charge in [0, 0.05) is 13.0 Å². The van der Waals surface area contributed by atoms with Crippen molar-refractivity contribution in [3.8, 4) is 0 Å². The first-order valence-corrected chi connectivity index (χ1v) is 6.99. The Morgan fingerprint density at radius 1 is 1.41 bits per heavy atom. The second-order valence-corrected chi connectivity index (χ2v) is 6.96. The molecule has 0 fully saturated rings. The van der Waals surface area contributed by atoms with Crippen molar-refractivity contribution in [1.82, 2.24) is 5.32 Å². The molecule has 96 valence electrons. The third kappa shape index (κ3) is 5.39. The monoisotopic (exact) mass is 393 g/mol. The molecule has 0 spiro atoms. The van der Waals surface area contributed by atoms with Crippen LogP contribution in [0.1, 0.15) is 23.2 Å². The fourth-order valence-electron chi connectivity index (χ4n) is 1.08. The first-order chi connectivity index (χ1) is 7.79. The number of amides is 1. The van der Waals surface area contributed by atoms with Gasteiger partial charge < -0.3 is 5.32 Å². The number of carbonyl (C=O) groups is 1. The number of halogens is 5. The minimum absolute atomic E-state index is 0.0122. The van der Waals surface area contributed by atoms with E-state index in [-0.39, 0.29) is 18.9 Å². The molecule has 2 nitrogen and oxygen atoms in total. The van der Waals surface area contributed by atoms with E-state index >= 15 is 0 Å². The van der Waals surface area contributed by atoms with Crippen molar-refractivity contribution in [1.29, 1.82) is 0 Å². The number of hydrogen-bond donors (Lipinski definition) is 1. The highest BCUT2D eigenvalue weighted by Gasteiger charge is 2.26. The van der Waals surface area contributed by atoms with Crippen LogP contribution in [0.5, 0.6) is 0 Å². The van der Waals surface area contributed by atoms with Crippen LogP contribution in [0.15, 0.2) is 13.6 Å². The first-order valence-electron chi connectivity index (χ1n) is 4.59. The number of alkyl halides is 3. The van der Waals surface area contributed by atoms with Gasteiger partial charge in [-0.15, -0.1) is 11.3 Å². The highest BCUT2D eigenvalue weighted by Crippen LogP contribution is 2.31. The van der Waals surface area contributed by atoms with Gasteiger partial charge >= 0.3 is 6.18 Å². The lowest BCUT2D eigenvalue weighted by atomic mass is 10.3. The van der Waals surface area contributed by atoms with Gasteiger partial charge in [-0.25, -0.2) is 0 Å². The maximum atomic E-state index is 11.8. The lowest BCUT2D eigenvalue weighted by Gasteiger charge is -2.06. The molecule has 0 bridgehead atoms. The van der Waals surface area contributed by atoms with Crippen molar-refractivity contribution >= 4 is 49.1 Å². The van der Waals surface area contributed by atoms with Crippen molar-refractivity contribution in [2.24, 2.45) is 0 Å². The molecule has 17 heavy (non-hydrogen) atoms. The third-order valence-corrected chi connectivity index (χ3v) is 4.16. The average Bonchev–Trinajstić information content (AvgIpc) is 2.51. The third-order valence-electron chi connectivity index (χ3n) is 1.82. The Kier molecular flexibility index (Phi) is 5.46. The minimum atomic E-state index is -4.17. The smallest absolute Gasteiger partial charge is 0.352 e. The maximum absolute atomic E-state index is 11.8.